The number of hydrogen-bond acceptors (Lipinski definition) is 11. The van der Waals surface area contributed by atoms with Crippen molar-refractivity contribution in [2.24, 2.45) is 0 Å². The maximum Gasteiger partial charge on any atom is 0.335 e. The van der Waals surface area contributed by atoms with E-state index in [9.17, 15) is 34.2 Å². The molecule has 1 aliphatic carbocycles. The lowest BCUT2D eigenvalue weighted by atomic mass is 9.96. The van der Waals surface area contributed by atoms with Crippen molar-refractivity contribution in [3.8, 4) is 5.88 Å². The summed E-state index contributed by atoms with van der Waals surface area (Å²) < 4.78 is 1.04. The SMILES string of the molecule is Nc1c(N2CCc3ccc(CNC(=O)c4cc(C(=O)N[C@H]5CCc6cc(C(=O)O)ccc65)nc5c(O)nnn45)cc3C2)c(=O)c1=O. The lowest BCUT2D eigenvalue weighted by Gasteiger charge is -2.32. The van der Waals surface area contributed by atoms with Gasteiger partial charge >= 0.3 is 5.97 Å². The number of benzene rings is 2. The second kappa shape index (κ2) is 10.8. The fourth-order valence-corrected chi connectivity index (χ4v) is 6.17. The summed E-state index contributed by atoms with van der Waals surface area (Å²) in [5.41, 5.74) is 8.92. The van der Waals surface area contributed by atoms with Crippen LogP contribution in [0.3, 0.4) is 0 Å². The number of aromatic carboxylic acids is 1. The van der Waals surface area contributed by atoms with E-state index in [0.29, 0.717) is 32.4 Å². The molecule has 0 bridgehead atoms. The molecule has 2 amide bonds. The Kier molecular flexibility index (Phi) is 6.72. The number of carbonyl (C=O) groups excluding carboxylic acids is 2. The number of nitrogens with zero attached hydrogens (tertiary/aromatic N) is 5. The standard InChI is InChI=1S/C31H26N8O7/c32-23-24(26(41)25(23)40)38-8-7-15-2-1-14(9-18(15)13-38)12-33-29(43)22-11-21(34-27-30(44)36-37-39(22)27)28(42)35-20-6-4-16-10-17(31(45)46)3-5-19(16)20/h1-3,5,9-11,20,44H,4,6-8,12-13,32H2,(H,33,43)(H,35,42)(H,45,46)/t20-/m0/s1. The van der Waals surface area contributed by atoms with E-state index in [4.69, 9.17) is 5.73 Å². The van der Waals surface area contributed by atoms with Crippen molar-refractivity contribution in [2.45, 2.75) is 38.4 Å². The number of carboxylic acid groups (broad SMARTS) is 1. The number of carbonyl (C=O) groups is 3. The van der Waals surface area contributed by atoms with Crippen molar-refractivity contribution in [2.75, 3.05) is 17.2 Å². The molecule has 1 aliphatic heterocycles. The van der Waals surface area contributed by atoms with Crippen LogP contribution in [0, 0.1) is 0 Å². The average Bonchev–Trinajstić information content (AvgIpc) is 3.65. The number of carboxylic acids is 1. The summed E-state index contributed by atoms with van der Waals surface area (Å²) in [5.74, 6) is -2.79. The fraction of sp³-hybridized carbons (Fsp3) is 0.226. The minimum absolute atomic E-state index is 0.0184. The highest BCUT2D eigenvalue weighted by Crippen LogP contribution is 2.32. The number of aryl methyl sites for hydroxylation is 1. The summed E-state index contributed by atoms with van der Waals surface area (Å²) in [6, 6.07) is 11.4. The molecule has 0 saturated heterocycles. The van der Waals surface area contributed by atoms with Crippen LogP contribution in [0.15, 0.2) is 52.1 Å². The zero-order valence-electron chi connectivity index (χ0n) is 24.1. The van der Waals surface area contributed by atoms with Gasteiger partial charge in [0.05, 0.1) is 11.6 Å². The molecule has 15 heteroatoms. The van der Waals surface area contributed by atoms with E-state index in [1.165, 1.54) is 12.1 Å². The van der Waals surface area contributed by atoms with Gasteiger partial charge in [0, 0.05) is 25.7 Å². The molecule has 5 aromatic rings. The first-order chi connectivity index (χ1) is 22.1. The van der Waals surface area contributed by atoms with E-state index in [0.717, 1.165) is 32.3 Å². The number of nitrogen functional groups attached to an aromatic ring is 1. The van der Waals surface area contributed by atoms with Gasteiger partial charge in [-0.05, 0) is 59.2 Å². The Morgan fingerprint density at radius 2 is 1.80 bits per heavy atom. The number of aromatic hydroxyl groups is 1. The first-order valence-corrected chi connectivity index (χ1v) is 14.4. The van der Waals surface area contributed by atoms with Crippen LogP contribution in [0.2, 0.25) is 0 Å². The number of nitrogens with one attached hydrogen (secondary N) is 2. The monoisotopic (exact) mass is 622 g/mol. The number of nitrogens with two attached hydrogens (primary N) is 1. The summed E-state index contributed by atoms with van der Waals surface area (Å²) in [4.78, 5) is 67.7. The minimum Gasteiger partial charge on any atom is -0.489 e. The van der Waals surface area contributed by atoms with Crippen LogP contribution >= 0.6 is 0 Å². The molecular formula is C31H26N8O7. The largest absolute Gasteiger partial charge is 0.489 e. The van der Waals surface area contributed by atoms with Crippen molar-refractivity contribution in [1.29, 1.82) is 0 Å². The lowest BCUT2D eigenvalue weighted by Crippen LogP contribution is -2.44. The van der Waals surface area contributed by atoms with Crippen molar-refractivity contribution in [1.82, 2.24) is 30.4 Å². The van der Waals surface area contributed by atoms with Gasteiger partial charge < -0.3 is 31.5 Å². The van der Waals surface area contributed by atoms with Gasteiger partial charge in [-0.15, -0.1) is 0 Å². The second-order valence-corrected chi connectivity index (χ2v) is 11.3. The molecule has 7 rings (SSSR count). The van der Waals surface area contributed by atoms with Crippen LogP contribution in [0.25, 0.3) is 5.65 Å². The molecule has 46 heavy (non-hydrogen) atoms. The van der Waals surface area contributed by atoms with E-state index in [-0.39, 0.29) is 40.5 Å². The molecule has 2 aromatic heterocycles. The zero-order valence-corrected chi connectivity index (χ0v) is 24.1. The first-order valence-electron chi connectivity index (χ1n) is 14.4. The van der Waals surface area contributed by atoms with E-state index in [1.54, 1.807) is 17.0 Å². The number of anilines is 2. The molecule has 15 nitrogen and oxygen atoms in total. The third-order valence-corrected chi connectivity index (χ3v) is 8.57. The van der Waals surface area contributed by atoms with Gasteiger partial charge in [-0.25, -0.2) is 9.78 Å². The Balaban J connectivity index is 1.08. The normalized spacial score (nSPS) is 15.5. The molecule has 2 aliphatic rings. The van der Waals surface area contributed by atoms with E-state index < -0.39 is 40.6 Å². The summed E-state index contributed by atoms with van der Waals surface area (Å²) in [6.45, 7) is 1.05. The van der Waals surface area contributed by atoms with Gasteiger partial charge in [0.1, 0.15) is 22.8 Å². The van der Waals surface area contributed by atoms with Crippen molar-refractivity contribution < 1.29 is 24.6 Å². The summed E-state index contributed by atoms with van der Waals surface area (Å²) >= 11 is 0. The highest BCUT2D eigenvalue weighted by molar-refractivity contribution is 5.98. The number of hydrogen-bond donors (Lipinski definition) is 5. The fourth-order valence-electron chi connectivity index (χ4n) is 6.17. The number of fused-ring (bicyclic) bond motifs is 3. The van der Waals surface area contributed by atoms with Crippen LogP contribution in [0.1, 0.15) is 71.6 Å². The molecule has 3 aromatic carbocycles. The summed E-state index contributed by atoms with van der Waals surface area (Å²) in [5, 5.41) is 32.6. The lowest BCUT2D eigenvalue weighted by molar-refractivity contribution is 0.0696. The smallest absolute Gasteiger partial charge is 0.335 e. The van der Waals surface area contributed by atoms with E-state index in [1.807, 2.05) is 18.2 Å². The molecule has 0 saturated carbocycles. The summed E-state index contributed by atoms with van der Waals surface area (Å²) in [7, 11) is 0. The predicted octanol–water partition coefficient (Wildman–Crippen LogP) is 0.616. The number of aromatic nitrogens is 4. The summed E-state index contributed by atoms with van der Waals surface area (Å²) in [6.07, 6.45) is 1.79. The Labute approximate surface area is 259 Å². The average molecular weight is 623 g/mol. The van der Waals surface area contributed by atoms with Gasteiger partial charge in [-0.2, -0.15) is 4.52 Å². The molecule has 0 spiro atoms. The van der Waals surface area contributed by atoms with E-state index in [2.05, 4.69) is 25.9 Å². The Hall–Kier alpha value is -6.12. The third kappa shape index (κ3) is 4.77. The Morgan fingerprint density at radius 3 is 2.59 bits per heavy atom. The molecule has 0 unspecified atom stereocenters. The quantitative estimate of drug-likeness (QED) is 0.158. The molecule has 0 fully saturated rings. The molecule has 232 valence electrons. The molecular weight excluding hydrogens is 596 g/mol. The van der Waals surface area contributed by atoms with Crippen molar-refractivity contribution >= 4 is 34.8 Å². The predicted molar refractivity (Wildman–Crippen MR) is 163 cm³/mol. The highest BCUT2D eigenvalue weighted by Gasteiger charge is 2.29. The minimum atomic E-state index is -1.03. The van der Waals surface area contributed by atoms with Gasteiger partial charge in [0.25, 0.3) is 28.6 Å². The van der Waals surface area contributed by atoms with Gasteiger partial charge in [0.15, 0.2) is 0 Å². The van der Waals surface area contributed by atoms with Crippen LogP contribution in [-0.4, -0.2) is 54.4 Å². The van der Waals surface area contributed by atoms with Crippen molar-refractivity contribution in [3.63, 3.8) is 0 Å². The first kappa shape index (κ1) is 28.6. The van der Waals surface area contributed by atoms with Crippen LogP contribution in [0.4, 0.5) is 11.4 Å². The van der Waals surface area contributed by atoms with E-state index >= 15 is 0 Å². The van der Waals surface area contributed by atoms with Crippen LogP contribution in [0.5, 0.6) is 5.88 Å². The highest BCUT2D eigenvalue weighted by atomic mass is 16.4. The molecule has 6 N–H and O–H groups in total. The molecule has 1 atom stereocenters. The van der Waals surface area contributed by atoms with Gasteiger partial charge in [-0.1, -0.05) is 34.6 Å². The van der Waals surface area contributed by atoms with Gasteiger partial charge in [-0.3, -0.25) is 19.2 Å². The van der Waals surface area contributed by atoms with Crippen LogP contribution in [-0.2, 0) is 25.9 Å². The number of amides is 2. The Morgan fingerprint density at radius 1 is 0.978 bits per heavy atom. The molecule has 3 heterocycles. The number of rotatable bonds is 7. The Bertz CT molecular complexity index is 2180. The third-order valence-electron chi connectivity index (χ3n) is 8.57. The maximum atomic E-state index is 13.4. The zero-order chi connectivity index (χ0) is 32.3. The topological polar surface area (TPSA) is 222 Å². The van der Waals surface area contributed by atoms with Gasteiger partial charge in [0.2, 0.25) is 5.65 Å². The second-order valence-electron chi connectivity index (χ2n) is 11.3. The maximum absolute atomic E-state index is 13.4. The molecule has 0 radical (unpaired) electrons. The van der Waals surface area contributed by atoms with Crippen LogP contribution < -0.4 is 32.1 Å². The van der Waals surface area contributed by atoms with Crippen molar-refractivity contribution in [3.05, 3.63) is 108 Å².